The lowest BCUT2D eigenvalue weighted by Crippen LogP contribution is -2.31. The molecule has 1 aromatic heterocycles. The number of hydrogen-bond donors (Lipinski definition) is 2. The Kier molecular flexibility index (Phi) is 2.00. The molecule has 3 nitrogen and oxygen atoms in total. The van der Waals surface area contributed by atoms with Crippen LogP contribution in [0.5, 0.6) is 0 Å². The number of halogens is 2. The molecule has 60 valence electrons. The third kappa shape index (κ3) is 1.43. The summed E-state index contributed by atoms with van der Waals surface area (Å²) in [5.41, 5.74) is -0.449. The monoisotopic (exact) mass is 162 g/mol. The lowest BCUT2D eigenvalue weighted by atomic mass is 10.2. The summed E-state index contributed by atoms with van der Waals surface area (Å²) in [5.74, 6) is -1.95. The number of nitrogens with zero attached hydrogens (tertiary/aromatic N) is 1. The second kappa shape index (κ2) is 2.79. The van der Waals surface area contributed by atoms with E-state index in [4.69, 9.17) is 10.3 Å². The predicted octanol–water partition coefficient (Wildman–Crippen LogP) is -0.0181. The van der Waals surface area contributed by atoms with E-state index in [1.54, 1.807) is 0 Å². The Morgan fingerprint density at radius 1 is 1.27 bits per heavy atom. The van der Waals surface area contributed by atoms with Gasteiger partial charge >= 0.3 is 0 Å². The first-order chi connectivity index (χ1) is 5.15. The number of aliphatic hydroxyl groups is 1. The zero-order valence-corrected chi connectivity index (χ0v) is 5.46. The Morgan fingerprint density at radius 2 is 1.73 bits per heavy atom. The maximum Gasteiger partial charge on any atom is 0.258 e. The van der Waals surface area contributed by atoms with Gasteiger partial charge < -0.3 is 5.11 Å². The van der Waals surface area contributed by atoms with E-state index >= 15 is 0 Å². The zero-order valence-electron chi connectivity index (χ0n) is 5.46. The van der Waals surface area contributed by atoms with Gasteiger partial charge in [-0.3, -0.25) is 5.21 Å². The van der Waals surface area contributed by atoms with Crippen molar-refractivity contribution in [1.82, 2.24) is 0 Å². The average molecular weight is 162 g/mol. The topological polar surface area (TPSA) is 44.3 Å². The van der Waals surface area contributed by atoms with Crippen molar-refractivity contribution in [3.8, 4) is 0 Å². The molecule has 0 fully saturated rings. The minimum absolute atomic E-state index is 0.254. The summed E-state index contributed by atoms with van der Waals surface area (Å²) in [6.45, 7) is -0.724. The van der Waals surface area contributed by atoms with E-state index in [1.165, 1.54) is 0 Å². The van der Waals surface area contributed by atoms with Crippen molar-refractivity contribution < 1.29 is 23.8 Å². The van der Waals surface area contributed by atoms with Gasteiger partial charge in [-0.1, -0.05) is 0 Å². The number of hydrogen-bond acceptors (Lipinski definition) is 2. The molecule has 0 saturated carbocycles. The molecule has 0 aromatic carbocycles. The number of pyridine rings is 1. The standard InChI is InChI=1S/C6H6F2NO2/c7-5-1-9(11)2-6(8)4(5)3-10/h1-2,10-11H,3H2/q+1. The van der Waals surface area contributed by atoms with Crippen molar-refractivity contribution in [3.05, 3.63) is 29.6 Å². The molecule has 0 atom stereocenters. The maximum absolute atomic E-state index is 12.5. The largest absolute Gasteiger partial charge is 0.391 e. The number of rotatable bonds is 1. The Labute approximate surface area is 61.1 Å². The van der Waals surface area contributed by atoms with Gasteiger partial charge in [-0.2, -0.15) is 8.78 Å². The summed E-state index contributed by atoms with van der Waals surface area (Å²) in [5, 5.41) is 17.0. The van der Waals surface area contributed by atoms with Crippen LogP contribution in [0.15, 0.2) is 12.4 Å². The molecule has 0 aliphatic heterocycles. The second-order valence-corrected chi connectivity index (χ2v) is 1.97. The summed E-state index contributed by atoms with van der Waals surface area (Å²) in [6.07, 6.45) is 1.32. The highest BCUT2D eigenvalue weighted by atomic mass is 19.1. The van der Waals surface area contributed by atoms with Gasteiger partial charge in [0.05, 0.1) is 12.2 Å². The second-order valence-electron chi connectivity index (χ2n) is 1.97. The summed E-state index contributed by atoms with van der Waals surface area (Å²) in [6, 6.07) is 0. The van der Waals surface area contributed by atoms with Gasteiger partial charge in [-0.15, -0.1) is 0 Å². The lowest BCUT2D eigenvalue weighted by molar-refractivity contribution is -0.906. The first-order valence-corrected chi connectivity index (χ1v) is 2.84. The van der Waals surface area contributed by atoms with E-state index in [0.29, 0.717) is 12.4 Å². The molecule has 0 amide bonds. The van der Waals surface area contributed by atoms with Gasteiger partial charge in [0, 0.05) is 4.73 Å². The summed E-state index contributed by atoms with van der Waals surface area (Å²) < 4.78 is 25.3. The van der Waals surface area contributed by atoms with Crippen LogP contribution in [0.25, 0.3) is 0 Å². The Bertz CT molecular complexity index is 254. The summed E-state index contributed by atoms with van der Waals surface area (Å²) >= 11 is 0. The highest BCUT2D eigenvalue weighted by Gasteiger charge is 2.14. The first kappa shape index (κ1) is 7.87. The van der Waals surface area contributed by atoms with E-state index in [2.05, 4.69) is 0 Å². The van der Waals surface area contributed by atoms with Gasteiger partial charge in [-0.25, -0.2) is 0 Å². The molecule has 0 aliphatic rings. The fraction of sp³-hybridized carbons (Fsp3) is 0.167. The van der Waals surface area contributed by atoms with Crippen molar-refractivity contribution >= 4 is 0 Å². The first-order valence-electron chi connectivity index (χ1n) is 2.84. The third-order valence-electron chi connectivity index (χ3n) is 1.23. The number of aliphatic hydroxyl groups excluding tert-OH is 1. The third-order valence-corrected chi connectivity index (χ3v) is 1.23. The van der Waals surface area contributed by atoms with E-state index in [9.17, 15) is 8.78 Å². The molecular weight excluding hydrogens is 156 g/mol. The molecule has 0 bridgehead atoms. The summed E-state index contributed by atoms with van der Waals surface area (Å²) in [4.78, 5) is 0. The van der Waals surface area contributed by atoms with Crippen LogP contribution >= 0.6 is 0 Å². The van der Waals surface area contributed by atoms with Crippen LogP contribution in [0.4, 0.5) is 8.78 Å². The Hall–Kier alpha value is -1.23. The minimum atomic E-state index is -0.977. The molecule has 0 saturated heterocycles. The maximum atomic E-state index is 12.5. The molecule has 5 heteroatoms. The van der Waals surface area contributed by atoms with E-state index < -0.39 is 23.8 Å². The molecule has 1 heterocycles. The Morgan fingerprint density at radius 3 is 2.09 bits per heavy atom. The smallest absolute Gasteiger partial charge is 0.258 e. The zero-order chi connectivity index (χ0) is 8.43. The van der Waals surface area contributed by atoms with Crippen LogP contribution in [0, 0.1) is 11.6 Å². The fourth-order valence-corrected chi connectivity index (χ4v) is 0.690. The quantitative estimate of drug-likeness (QED) is 0.450. The normalized spacial score (nSPS) is 10.1. The van der Waals surface area contributed by atoms with Gasteiger partial charge in [0.1, 0.15) is 0 Å². The van der Waals surface area contributed by atoms with Crippen LogP contribution in [-0.2, 0) is 6.61 Å². The summed E-state index contributed by atoms with van der Waals surface area (Å²) in [7, 11) is 0. The molecule has 1 rings (SSSR count). The Balaban J connectivity index is 3.25. The molecule has 0 spiro atoms. The van der Waals surface area contributed by atoms with Gasteiger partial charge in [0.2, 0.25) is 0 Å². The van der Waals surface area contributed by atoms with E-state index in [-0.39, 0.29) is 4.73 Å². The highest BCUT2D eigenvalue weighted by molar-refractivity contribution is 5.10. The van der Waals surface area contributed by atoms with Crippen LogP contribution < -0.4 is 4.73 Å². The molecule has 1 aromatic rings. The SMILES string of the molecule is OCc1c(F)c[n+](O)cc1F. The van der Waals surface area contributed by atoms with Crippen LogP contribution in [0.2, 0.25) is 0 Å². The van der Waals surface area contributed by atoms with Crippen molar-refractivity contribution in [3.63, 3.8) is 0 Å². The minimum Gasteiger partial charge on any atom is -0.391 e. The molecule has 2 N–H and O–H groups in total. The molecule has 0 aliphatic carbocycles. The van der Waals surface area contributed by atoms with Crippen molar-refractivity contribution in [2.45, 2.75) is 6.61 Å². The van der Waals surface area contributed by atoms with E-state index in [0.717, 1.165) is 0 Å². The van der Waals surface area contributed by atoms with Crippen LogP contribution in [-0.4, -0.2) is 10.3 Å². The molecular formula is C6H6F2NO2+. The number of aromatic nitrogens is 1. The average Bonchev–Trinajstić information content (AvgIpc) is 1.85. The lowest BCUT2D eigenvalue weighted by Gasteiger charge is -1.95. The van der Waals surface area contributed by atoms with Crippen LogP contribution in [0.3, 0.4) is 0 Å². The van der Waals surface area contributed by atoms with Gasteiger partial charge in [0.25, 0.3) is 12.4 Å². The van der Waals surface area contributed by atoms with Crippen LogP contribution in [0.1, 0.15) is 5.56 Å². The molecule has 0 radical (unpaired) electrons. The fourth-order valence-electron chi connectivity index (χ4n) is 0.690. The van der Waals surface area contributed by atoms with Crippen molar-refractivity contribution in [2.24, 2.45) is 0 Å². The predicted molar refractivity (Wildman–Crippen MR) is 29.7 cm³/mol. The molecule has 11 heavy (non-hydrogen) atoms. The van der Waals surface area contributed by atoms with Crippen molar-refractivity contribution in [1.29, 1.82) is 0 Å². The molecule has 0 unspecified atom stereocenters. The van der Waals surface area contributed by atoms with Gasteiger partial charge in [-0.05, 0) is 0 Å². The van der Waals surface area contributed by atoms with Crippen molar-refractivity contribution in [2.75, 3.05) is 0 Å². The van der Waals surface area contributed by atoms with E-state index in [1.807, 2.05) is 0 Å². The van der Waals surface area contributed by atoms with Gasteiger partial charge in [0.15, 0.2) is 11.6 Å². The highest BCUT2D eigenvalue weighted by Crippen LogP contribution is 2.07.